The van der Waals surface area contributed by atoms with E-state index in [0.29, 0.717) is 0 Å². The van der Waals surface area contributed by atoms with Crippen molar-refractivity contribution in [1.82, 2.24) is 4.90 Å². The molecule has 0 atom stereocenters. The lowest BCUT2D eigenvalue weighted by Crippen LogP contribution is -2.27. The monoisotopic (exact) mass is 233 g/mol. The first-order valence-electron chi connectivity index (χ1n) is 6.55. The molecule has 1 aliphatic heterocycles. The fourth-order valence-electron chi connectivity index (χ4n) is 1.80. The van der Waals surface area contributed by atoms with Crippen LogP contribution < -0.4 is 0 Å². The standard InChI is InChI=1S/C12H15NO.C3H8/c1-10-4-6-11(7-5-10)12(14)13-8-2-3-9-13;1-3-2/h4-7H,2-3,8-9H2,1H3;3H2,1-2H3. The van der Waals surface area contributed by atoms with Gasteiger partial charge in [-0.25, -0.2) is 0 Å². The van der Waals surface area contributed by atoms with Crippen molar-refractivity contribution in [3.63, 3.8) is 0 Å². The molecule has 1 fully saturated rings. The molecule has 0 bridgehead atoms. The molecule has 0 aromatic heterocycles. The van der Waals surface area contributed by atoms with Crippen molar-refractivity contribution in [2.75, 3.05) is 13.1 Å². The molecule has 1 heterocycles. The van der Waals surface area contributed by atoms with Crippen molar-refractivity contribution in [3.8, 4) is 0 Å². The van der Waals surface area contributed by atoms with Gasteiger partial charge in [-0.3, -0.25) is 4.79 Å². The van der Waals surface area contributed by atoms with Gasteiger partial charge in [0.25, 0.3) is 5.91 Å². The van der Waals surface area contributed by atoms with E-state index >= 15 is 0 Å². The van der Waals surface area contributed by atoms with Crippen LogP contribution in [0.5, 0.6) is 0 Å². The maximum Gasteiger partial charge on any atom is 0.253 e. The molecular formula is C15H23NO. The average molecular weight is 233 g/mol. The summed E-state index contributed by atoms with van der Waals surface area (Å²) in [5.41, 5.74) is 2.01. The molecule has 2 heteroatoms. The zero-order valence-electron chi connectivity index (χ0n) is 11.2. The van der Waals surface area contributed by atoms with E-state index in [1.807, 2.05) is 36.1 Å². The number of hydrogen-bond acceptors (Lipinski definition) is 1. The van der Waals surface area contributed by atoms with Crippen molar-refractivity contribution < 1.29 is 4.79 Å². The fourth-order valence-corrected chi connectivity index (χ4v) is 1.80. The van der Waals surface area contributed by atoms with Gasteiger partial charge < -0.3 is 4.90 Å². The molecule has 94 valence electrons. The van der Waals surface area contributed by atoms with Crippen LogP contribution in [0.1, 0.15) is 49.0 Å². The molecule has 1 saturated heterocycles. The molecule has 0 aliphatic carbocycles. The Morgan fingerprint density at radius 3 is 2.06 bits per heavy atom. The van der Waals surface area contributed by atoms with Gasteiger partial charge in [-0.15, -0.1) is 0 Å². The molecule has 2 rings (SSSR count). The third kappa shape index (κ3) is 4.22. The van der Waals surface area contributed by atoms with Gasteiger partial charge in [0.15, 0.2) is 0 Å². The van der Waals surface area contributed by atoms with Gasteiger partial charge in [0, 0.05) is 18.7 Å². The number of aryl methyl sites for hydroxylation is 1. The quantitative estimate of drug-likeness (QED) is 0.725. The first-order chi connectivity index (χ1) is 8.19. The number of rotatable bonds is 1. The fraction of sp³-hybridized carbons (Fsp3) is 0.533. The molecule has 1 aromatic carbocycles. The number of hydrogen-bond donors (Lipinski definition) is 0. The lowest BCUT2D eigenvalue weighted by Gasteiger charge is -2.14. The zero-order valence-corrected chi connectivity index (χ0v) is 11.2. The number of benzene rings is 1. The van der Waals surface area contributed by atoms with Crippen LogP contribution in [0, 0.1) is 6.92 Å². The summed E-state index contributed by atoms with van der Waals surface area (Å²) in [7, 11) is 0. The Morgan fingerprint density at radius 1 is 1.12 bits per heavy atom. The Hall–Kier alpha value is -1.31. The van der Waals surface area contributed by atoms with Crippen molar-refractivity contribution in [2.24, 2.45) is 0 Å². The Morgan fingerprint density at radius 2 is 1.59 bits per heavy atom. The van der Waals surface area contributed by atoms with Crippen LogP contribution in [0.15, 0.2) is 24.3 Å². The van der Waals surface area contributed by atoms with Gasteiger partial charge in [-0.1, -0.05) is 38.0 Å². The molecule has 0 spiro atoms. The molecule has 2 nitrogen and oxygen atoms in total. The summed E-state index contributed by atoms with van der Waals surface area (Å²) < 4.78 is 0. The molecule has 0 N–H and O–H groups in total. The Bertz CT molecular complexity index is 336. The van der Waals surface area contributed by atoms with E-state index in [0.717, 1.165) is 31.5 Å². The first-order valence-corrected chi connectivity index (χ1v) is 6.55. The lowest BCUT2D eigenvalue weighted by atomic mass is 10.1. The van der Waals surface area contributed by atoms with Crippen LogP contribution in [-0.2, 0) is 0 Å². The molecule has 0 unspecified atom stereocenters. The van der Waals surface area contributed by atoms with E-state index in [9.17, 15) is 4.79 Å². The molecular weight excluding hydrogens is 210 g/mol. The normalized spacial score (nSPS) is 14.2. The summed E-state index contributed by atoms with van der Waals surface area (Å²) in [6.07, 6.45) is 3.55. The summed E-state index contributed by atoms with van der Waals surface area (Å²) in [4.78, 5) is 13.8. The summed E-state index contributed by atoms with van der Waals surface area (Å²) in [5, 5.41) is 0. The summed E-state index contributed by atoms with van der Waals surface area (Å²) >= 11 is 0. The second kappa shape index (κ2) is 7.10. The zero-order chi connectivity index (χ0) is 12.7. The Kier molecular flexibility index (Phi) is 5.75. The number of amides is 1. The lowest BCUT2D eigenvalue weighted by molar-refractivity contribution is 0.0793. The molecule has 17 heavy (non-hydrogen) atoms. The highest BCUT2D eigenvalue weighted by molar-refractivity contribution is 5.94. The van der Waals surface area contributed by atoms with E-state index in [-0.39, 0.29) is 5.91 Å². The smallest absolute Gasteiger partial charge is 0.253 e. The second-order valence-corrected chi connectivity index (χ2v) is 4.57. The van der Waals surface area contributed by atoms with Gasteiger partial charge >= 0.3 is 0 Å². The van der Waals surface area contributed by atoms with Crippen LogP contribution in [0.2, 0.25) is 0 Å². The van der Waals surface area contributed by atoms with Crippen LogP contribution in [0.3, 0.4) is 0 Å². The van der Waals surface area contributed by atoms with Crippen LogP contribution in [-0.4, -0.2) is 23.9 Å². The molecule has 0 saturated carbocycles. The number of carbonyl (C=O) groups is 1. The molecule has 1 amide bonds. The summed E-state index contributed by atoms with van der Waals surface area (Å²) in [5.74, 6) is 0.183. The van der Waals surface area contributed by atoms with Gasteiger partial charge in [-0.2, -0.15) is 0 Å². The maximum absolute atomic E-state index is 11.9. The minimum atomic E-state index is 0.183. The van der Waals surface area contributed by atoms with Gasteiger partial charge in [0.1, 0.15) is 0 Å². The third-order valence-corrected chi connectivity index (χ3v) is 2.69. The van der Waals surface area contributed by atoms with Gasteiger partial charge in [0.05, 0.1) is 0 Å². The van der Waals surface area contributed by atoms with E-state index < -0.39 is 0 Å². The van der Waals surface area contributed by atoms with Gasteiger partial charge in [0.2, 0.25) is 0 Å². The van der Waals surface area contributed by atoms with Crippen molar-refractivity contribution in [3.05, 3.63) is 35.4 Å². The molecule has 1 aliphatic rings. The van der Waals surface area contributed by atoms with Crippen molar-refractivity contribution in [2.45, 2.75) is 40.0 Å². The van der Waals surface area contributed by atoms with Crippen molar-refractivity contribution in [1.29, 1.82) is 0 Å². The second-order valence-electron chi connectivity index (χ2n) is 4.57. The topological polar surface area (TPSA) is 20.3 Å². The van der Waals surface area contributed by atoms with E-state index in [1.165, 1.54) is 12.0 Å². The van der Waals surface area contributed by atoms with Crippen LogP contribution in [0.25, 0.3) is 0 Å². The number of nitrogens with zero attached hydrogens (tertiary/aromatic N) is 1. The third-order valence-electron chi connectivity index (χ3n) is 2.69. The summed E-state index contributed by atoms with van der Waals surface area (Å²) in [6.45, 7) is 8.13. The Labute approximate surface area is 105 Å². The Balaban J connectivity index is 0.000000437. The first kappa shape index (κ1) is 13.8. The van der Waals surface area contributed by atoms with Crippen LogP contribution in [0.4, 0.5) is 0 Å². The van der Waals surface area contributed by atoms with Crippen LogP contribution >= 0.6 is 0 Å². The van der Waals surface area contributed by atoms with Gasteiger partial charge in [-0.05, 0) is 31.9 Å². The van der Waals surface area contributed by atoms with E-state index in [4.69, 9.17) is 0 Å². The molecule has 1 aromatic rings. The largest absolute Gasteiger partial charge is 0.339 e. The number of carbonyl (C=O) groups excluding carboxylic acids is 1. The van der Waals surface area contributed by atoms with E-state index in [1.54, 1.807) is 0 Å². The highest BCUT2D eigenvalue weighted by Crippen LogP contribution is 2.13. The minimum absolute atomic E-state index is 0.183. The SMILES string of the molecule is CCC.Cc1ccc(C(=O)N2CCCC2)cc1. The minimum Gasteiger partial charge on any atom is -0.339 e. The summed E-state index contributed by atoms with van der Waals surface area (Å²) in [6, 6.07) is 7.80. The van der Waals surface area contributed by atoms with Crippen molar-refractivity contribution >= 4 is 5.91 Å². The van der Waals surface area contributed by atoms with E-state index in [2.05, 4.69) is 13.8 Å². The molecule has 0 radical (unpaired) electrons. The highest BCUT2D eigenvalue weighted by atomic mass is 16.2. The maximum atomic E-state index is 11.9. The highest BCUT2D eigenvalue weighted by Gasteiger charge is 2.18. The predicted octanol–water partition coefficient (Wildman–Crippen LogP) is 3.65. The average Bonchev–Trinajstić information content (AvgIpc) is 2.83. The number of likely N-dealkylation sites (tertiary alicyclic amines) is 1. The predicted molar refractivity (Wildman–Crippen MR) is 72.3 cm³/mol.